The monoisotopic (exact) mass is 484 g/mol. The summed E-state index contributed by atoms with van der Waals surface area (Å²) in [6.45, 7) is 4.71. The molecule has 180 valence electrons. The molecular weight excluding hydrogens is 452 g/mol. The first-order valence-electron chi connectivity index (χ1n) is 12.3. The van der Waals surface area contributed by atoms with Crippen molar-refractivity contribution in [3.63, 3.8) is 0 Å². The Hall–Kier alpha value is -2.86. The van der Waals surface area contributed by atoms with Crippen LogP contribution in [0.2, 0.25) is 0 Å². The van der Waals surface area contributed by atoms with E-state index in [1.165, 1.54) is 27.1 Å². The van der Waals surface area contributed by atoms with Crippen molar-refractivity contribution in [2.75, 3.05) is 31.3 Å². The van der Waals surface area contributed by atoms with Gasteiger partial charge in [-0.2, -0.15) is 0 Å². The molecule has 0 atom stereocenters. The van der Waals surface area contributed by atoms with E-state index in [4.69, 9.17) is 4.74 Å². The molecular formula is C30H32N2O2S. The van der Waals surface area contributed by atoms with E-state index >= 15 is 0 Å². The number of rotatable bonds is 6. The van der Waals surface area contributed by atoms with Gasteiger partial charge in [0.1, 0.15) is 0 Å². The van der Waals surface area contributed by atoms with Crippen molar-refractivity contribution in [2.24, 2.45) is 0 Å². The zero-order chi connectivity index (χ0) is 24.2. The van der Waals surface area contributed by atoms with E-state index in [1.54, 1.807) is 11.8 Å². The number of nitrogens with zero attached hydrogens (tertiary/aromatic N) is 1. The van der Waals surface area contributed by atoms with Crippen LogP contribution < -0.4 is 5.32 Å². The first-order valence-corrected chi connectivity index (χ1v) is 13.3. The van der Waals surface area contributed by atoms with Crippen LogP contribution in [0.15, 0.2) is 77.2 Å². The zero-order valence-electron chi connectivity index (χ0n) is 20.4. The Labute approximate surface area is 212 Å². The van der Waals surface area contributed by atoms with E-state index < -0.39 is 0 Å². The average molecular weight is 485 g/mol. The molecule has 4 nitrogen and oxygen atoms in total. The molecule has 1 saturated heterocycles. The van der Waals surface area contributed by atoms with E-state index in [-0.39, 0.29) is 5.91 Å². The first-order chi connectivity index (χ1) is 17.0. The summed E-state index contributed by atoms with van der Waals surface area (Å²) in [7, 11) is 2.18. The van der Waals surface area contributed by atoms with E-state index in [0.717, 1.165) is 49.4 Å². The van der Waals surface area contributed by atoms with Gasteiger partial charge in [-0.3, -0.25) is 9.69 Å². The Morgan fingerprint density at radius 3 is 2.46 bits per heavy atom. The minimum absolute atomic E-state index is 0.0315. The average Bonchev–Trinajstić information content (AvgIpc) is 2.90. The molecule has 0 aromatic heterocycles. The molecule has 0 bridgehead atoms. The van der Waals surface area contributed by atoms with E-state index in [0.29, 0.717) is 11.8 Å². The predicted molar refractivity (Wildman–Crippen MR) is 146 cm³/mol. The van der Waals surface area contributed by atoms with E-state index in [1.807, 2.05) is 18.2 Å². The summed E-state index contributed by atoms with van der Waals surface area (Å²) in [6.07, 6.45) is 4.22. The maximum Gasteiger partial charge on any atom is 0.252 e. The summed E-state index contributed by atoms with van der Waals surface area (Å²) in [5, 5.41) is 3.09. The van der Waals surface area contributed by atoms with E-state index in [2.05, 4.69) is 78.8 Å². The molecule has 0 saturated carbocycles. The van der Waals surface area contributed by atoms with Gasteiger partial charge in [-0.25, -0.2) is 0 Å². The highest BCUT2D eigenvalue weighted by Gasteiger charge is 2.19. The smallest absolute Gasteiger partial charge is 0.252 e. The van der Waals surface area contributed by atoms with Gasteiger partial charge in [-0.15, -0.1) is 11.8 Å². The van der Waals surface area contributed by atoms with Crippen LogP contribution in [-0.4, -0.2) is 42.9 Å². The quantitative estimate of drug-likeness (QED) is 0.440. The number of carbonyl (C=O) groups is 1. The van der Waals surface area contributed by atoms with Gasteiger partial charge in [0.05, 0.1) is 0 Å². The van der Waals surface area contributed by atoms with Gasteiger partial charge in [0.25, 0.3) is 5.91 Å². The Morgan fingerprint density at radius 1 is 1.00 bits per heavy atom. The number of benzene rings is 3. The number of anilines is 1. The molecule has 1 fully saturated rings. The highest BCUT2D eigenvalue weighted by molar-refractivity contribution is 7.99. The van der Waals surface area contributed by atoms with Crippen LogP contribution in [0.4, 0.5) is 5.69 Å². The van der Waals surface area contributed by atoms with Gasteiger partial charge in [0, 0.05) is 47.7 Å². The molecule has 35 heavy (non-hydrogen) atoms. The maximum absolute atomic E-state index is 13.0. The molecule has 1 N–H and O–H groups in total. The van der Waals surface area contributed by atoms with Gasteiger partial charge in [0.2, 0.25) is 0 Å². The number of amides is 1. The first kappa shape index (κ1) is 23.9. The second-order valence-corrected chi connectivity index (χ2v) is 10.5. The van der Waals surface area contributed by atoms with Crippen molar-refractivity contribution in [3.8, 4) is 11.1 Å². The van der Waals surface area contributed by atoms with Gasteiger partial charge >= 0.3 is 0 Å². The molecule has 3 aromatic carbocycles. The zero-order valence-corrected chi connectivity index (χ0v) is 21.2. The standard InChI is InChI=1S/C30H32N2O2S/c1-21-3-7-23(8-4-21)24-9-12-29-25(17-24)18-26(20-35-29)30(33)31-27-10-5-22(6-11-27)19-32(2)28-13-15-34-16-14-28/h3-12,17-18,28H,13-16,19-20H2,1-2H3,(H,31,33). The Bertz CT molecular complexity index is 1210. The van der Waals surface area contributed by atoms with Crippen LogP contribution in [0.3, 0.4) is 0 Å². The lowest BCUT2D eigenvalue weighted by molar-refractivity contribution is -0.112. The Morgan fingerprint density at radius 2 is 1.71 bits per heavy atom. The molecule has 0 unspecified atom stereocenters. The van der Waals surface area contributed by atoms with Crippen LogP contribution in [0.5, 0.6) is 0 Å². The van der Waals surface area contributed by atoms with Crippen molar-refractivity contribution in [3.05, 3.63) is 89.0 Å². The predicted octanol–water partition coefficient (Wildman–Crippen LogP) is 6.40. The number of nitrogens with one attached hydrogen (secondary N) is 1. The second-order valence-electron chi connectivity index (χ2n) is 9.49. The third-order valence-corrected chi connectivity index (χ3v) is 8.00. The van der Waals surface area contributed by atoms with Gasteiger partial charge in [-0.05, 0) is 79.4 Å². The van der Waals surface area contributed by atoms with Crippen molar-refractivity contribution in [1.82, 2.24) is 4.90 Å². The van der Waals surface area contributed by atoms with Gasteiger partial charge < -0.3 is 10.1 Å². The molecule has 0 radical (unpaired) electrons. The van der Waals surface area contributed by atoms with Crippen LogP contribution >= 0.6 is 11.8 Å². The minimum Gasteiger partial charge on any atom is -0.381 e. The summed E-state index contributed by atoms with van der Waals surface area (Å²) >= 11 is 1.72. The molecule has 1 amide bonds. The largest absolute Gasteiger partial charge is 0.381 e. The van der Waals surface area contributed by atoms with E-state index in [9.17, 15) is 4.79 Å². The summed E-state index contributed by atoms with van der Waals surface area (Å²) in [5.74, 6) is 0.646. The van der Waals surface area contributed by atoms with Crippen LogP contribution in [0.25, 0.3) is 17.2 Å². The number of thioether (sulfide) groups is 1. The molecule has 5 rings (SSSR count). The van der Waals surface area contributed by atoms with Crippen molar-refractivity contribution < 1.29 is 9.53 Å². The highest BCUT2D eigenvalue weighted by Crippen LogP contribution is 2.35. The summed E-state index contributed by atoms with van der Waals surface area (Å²) in [4.78, 5) is 16.6. The molecule has 2 aliphatic heterocycles. The number of aryl methyl sites for hydroxylation is 1. The summed E-state index contributed by atoms with van der Waals surface area (Å²) in [5.41, 5.74) is 7.60. The molecule has 2 aliphatic rings. The van der Waals surface area contributed by atoms with Crippen molar-refractivity contribution >= 4 is 29.4 Å². The Kier molecular flexibility index (Phi) is 7.37. The number of fused-ring (bicyclic) bond motifs is 1. The van der Waals surface area contributed by atoms with Gasteiger partial charge in [0.15, 0.2) is 0 Å². The SMILES string of the molecule is Cc1ccc(-c2ccc3c(c2)C=C(C(=O)Nc2ccc(CN(C)C4CCOCC4)cc2)CS3)cc1. The lowest BCUT2D eigenvalue weighted by Crippen LogP contribution is -2.36. The van der Waals surface area contributed by atoms with Crippen LogP contribution in [0.1, 0.15) is 29.5 Å². The summed E-state index contributed by atoms with van der Waals surface area (Å²) < 4.78 is 5.48. The topological polar surface area (TPSA) is 41.6 Å². The number of carbonyl (C=O) groups excluding carboxylic acids is 1. The lowest BCUT2D eigenvalue weighted by Gasteiger charge is -2.31. The second kappa shape index (κ2) is 10.8. The third-order valence-electron chi connectivity index (χ3n) is 6.86. The third kappa shape index (κ3) is 5.87. The molecule has 0 aliphatic carbocycles. The normalized spacial score (nSPS) is 16.0. The minimum atomic E-state index is -0.0315. The fraction of sp³-hybridized carbons (Fsp3) is 0.300. The molecule has 5 heteroatoms. The number of hydrogen-bond donors (Lipinski definition) is 1. The van der Waals surface area contributed by atoms with Crippen molar-refractivity contribution in [1.29, 1.82) is 0 Å². The molecule has 2 heterocycles. The lowest BCUT2D eigenvalue weighted by atomic mass is 10.0. The molecule has 0 spiro atoms. The Balaban J connectivity index is 1.24. The van der Waals surface area contributed by atoms with Crippen LogP contribution in [0, 0.1) is 6.92 Å². The summed E-state index contributed by atoms with van der Waals surface area (Å²) in [6, 6.07) is 23.9. The number of hydrogen-bond acceptors (Lipinski definition) is 4. The highest BCUT2D eigenvalue weighted by atomic mass is 32.2. The fourth-order valence-electron chi connectivity index (χ4n) is 4.68. The molecule has 3 aromatic rings. The number of ether oxygens (including phenoxy) is 1. The van der Waals surface area contributed by atoms with Crippen LogP contribution in [-0.2, 0) is 16.1 Å². The fourth-order valence-corrected chi connectivity index (χ4v) is 5.66. The van der Waals surface area contributed by atoms with Crippen molar-refractivity contribution in [2.45, 2.75) is 37.2 Å². The van der Waals surface area contributed by atoms with Gasteiger partial charge in [-0.1, -0.05) is 48.0 Å². The maximum atomic E-state index is 13.0.